The second-order valence-electron chi connectivity index (χ2n) is 9.72. The van der Waals surface area contributed by atoms with Gasteiger partial charge in [0.15, 0.2) is 14.6 Å². The Bertz CT molecular complexity index is 1390. The molecule has 1 spiro atoms. The number of carbonyl (C=O) groups is 1. The number of hydrogen-bond donors (Lipinski definition) is 2. The Kier molecular flexibility index (Phi) is 7.45. The normalized spacial score (nSPS) is 21.7. The van der Waals surface area contributed by atoms with E-state index < -0.39 is 48.0 Å². The summed E-state index contributed by atoms with van der Waals surface area (Å²) in [6.07, 6.45) is -2.20. The first-order chi connectivity index (χ1) is 17.6. The van der Waals surface area contributed by atoms with E-state index in [1.54, 1.807) is 0 Å². The fourth-order valence-electron chi connectivity index (χ4n) is 5.20. The van der Waals surface area contributed by atoms with E-state index in [9.17, 15) is 34.8 Å². The van der Waals surface area contributed by atoms with E-state index in [1.165, 1.54) is 36.4 Å². The van der Waals surface area contributed by atoms with Crippen LogP contribution in [-0.2, 0) is 24.7 Å². The summed E-state index contributed by atoms with van der Waals surface area (Å²) in [5.41, 5.74) is -0.391. The van der Waals surface area contributed by atoms with Gasteiger partial charge in [-0.2, -0.15) is 0 Å². The molecule has 208 valence electrons. The molecular weight excluding hydrogens is 549 g/mol. The minimum Gasteiger partial charge on any atom is -0.457 e. The molecule has 0 bridgehead atoms. The first-order valence-corrected chi connectivity index (χ1v) is 15.1. The average Bonchev–Trinajstić information content (AvgIpc) is 3.20. The lowest BCUT2D eigenvalue weighted by molar-refractivity contribution is -0.274. The van der Waals surface area contributed by atoms with Crippen molar-refractivity contribution in [2.75, 3.05) is 19.3 Å². The van der Waals surface area contributed by atoms with Gasteiger partial charge in [0.25, 0.3) is 5.91 Å². The lowest BCUT2D eigenvalue weighted by Crippen LogP contribution is -2.53. The number of ether oxygens (including phenoxy) is 2. The highest BCUT2D eigenvalue weighted by Crippen LogP contribution is 2.54. The zero-order valence-electron chi connectivity index (χ0n) is 20.4. The number of rotatable bonds is 7. The van der Waals surface area contributed by atoms with E-state index in [0.717, 1.165) is 18.4 Å². The van der Waals surface area contributed by atoms with Crippen molar-refractivity contribution in [1.29, 1.82) is 0 Å². The van der Waals surface area contributed by atoms with Gasteiger partial charge in [-0.15, -0.1) is 13.2 Å². The molecule has 9 nitrogen and oxygen atoms in total. The highest BCUT2D eigenvalue weighted by Gasteiger charge is 2.60. The molecule has 2 aromatic rings. The Morgan fingerprint density at radius 2 is 1.39 bits per heavy atom. The maximum absolute atomic E-state index is 13.9. The van der Waals surface area contributed by atoms with Crippen molar-refractivity contribution in [3.05, 3.63) is 48.5 Å². The van der Waals surface area contributed by atoms with Crippen LogP contribution in [-0.4, -0.2) is 53.2 Å². The largest absolute Gasteiger partial charge is 0.573 e. The lowest BCUT2D eigenvalue weighted by Gasteiger charge is -2.36. The van der Waals surface area contributed by atoms with Crippen molar-refractivity contribution in [2.45, 2.75) is 48.1 Å². The average molecular weight is 577 g/mol. The van der Waals surface area contributed by atoms with Crippen LogP contribution in [0.4, 0.5) is 13.2 Å². The predicted octanol–water partition coefficient (Wildman–Crippen LogP) is 3.52. The number of piperidine rings is 1. The van der Waals surface area contributed by atoms with Crippen molar-refractivity contribution in [2.24, 2.45) is 5.41 Å². The number of hydrogen-bond acceptors (Lipinski definition) is 8. The molecule has 2 N–H and O–H groups in total. The van der Waals surface area contributed by atoms with E-state index in [0.29, 0.717) is 32.4 Å². The van der Waals surface area contributed by atoms with Crippen LogP contribution in [0.1, 0.15) is 32.1 Å². The van der Waals surface area contributed by atoms with Gasteiger partial charge < -0.3 is 14.8 Å². The highest BCUT2D eigenvalue weighted by molar-refractivity contribution is 7.94. The summed E-state index contributed by atoms with van der Waals surface area (Å²) in [6, 6.07) is 9.88. The SMILES string of the molecule is CS(=O)(=O)NC(=O)C1(S(=O)(=O)c2ccc(Oc3ccc(OC(F)(F)F)cc3)cc2)CCC2(CCNCC2)C1. The Morgan fingerprint density at radius 1 is 0.868 bits per heavy atom. The predicted molar refractivity (Wildman–Crippen MR) is 131 cm³/mol. The van der Waals surface area contributed by atoms with E-state index in [2.05, 4.69) is 10.1 Å². The number of carbonyl (C=O) groups excluding carboxylic acids is 1. The molecule has 1 atom stereocenters. The molecule has 1 aliphatic heterocycles. The maximum Gasteiger partial charge on any atom is 0.573 e. The number of sulfone groups is 1. The van der Waals surface area contributed by atoms with E-state index in [-0.39, 0.29) is 29.2 Å². The number of alkyl halides is 3. The van der Waals surface area contributed by atoms with Crippen molar-refractivity contribution >= 4 is 25.8 Å². The summed E-state index contributed by atoms with van der Waals surface area (Å²) < 4.78 is 97.9. The molecule has 0 aromatic heterocycles. The standard InChI is InChI=1S/C24H27F3N2O7S2/c1-37(31,32)29-21(30)23(11-10-22(16-23)12-14-28-15-13-22)38(33,34)20-8-6-18(7-9-20)35-17-2-4-19(5-3-17)36-24(25,26)27/h2-9,28H,10-16H2,1H3,(H,29,30). The van der Waals surface area contributed by atoms with Crippen LogP contribution >= 0.6 is 0 Å². The van der Waals surface area contributed by atoms with E-state index in [1.807, 2.05) is 4.72 Å². The molecule has 38 heavy (non-hydrogen) atoms. The number of halogens is 3. The summed E-state index contributed by atoms with van der Waals surface area (Å²) in [6.45, 7) is 1.36. The lowest BCUT2D eigenvalue weighted by atomic mass is 9.77. The number of benzene rings is 2. The molecule has 2 fully saturated rings. The van der Waals surface area contributed by atoms with Gasteiger partial charge in [-0.25, -0.2) is 16.8 Å². The molecular formula is C24H27F3N2O7S2. The second-order valence-corrected chi connectivity index (χ2v) is 13.7. The zero-order chi connectivity index (χ0) is 27.8. The summed E-state index contributed by atoms with van der Waals surface area (Å²) in [7, 11) is -8.34. The van der Waals surface area contributed by atoms with Crippen LogP contribution in [0, 0.1) is 5.41 Å². The second kappa shape index (κ2) is 10.0. The fourth-order valence-corrected chi connectivity index (χ4v) is 7.90. The Morgan fingerprint density at radius 3 is 1.92 bits per heavy atom. The summed E-state index contributed by atoms with van der Waals surface area (Å²) in [4.78, 5) is 13.1. The highest BCUT2D eigenvalue weighted by atomic mass is 32.2. The van der Waals surface area contributed by atoms with Gasteiger partial charge >= 0.3 is 6.36 Å². The molecule has 1 saturated heterocycles. The summed E-state index contributed by atoms with van der Waals surface area (Å²) >= 11 is 0. The van der Waals surface area contributed by atoms with Gasteiger partial charge in [0.1, 0.15) is 17.2 Å². The van der Waals surface area contributed by atoms with Crippen LogP contribution in [0.25, 0.3) is 0 Å². The van der Waals surface area contributed by atoms with Crippen molar-refractivity contribution in [3.63, 3.8) is 0 Å². The first-order valence-electron chi connectivity index (χ1n) is 11.7. The Balaban J connectivity index is 1.58. The molecule has 1 aliphatic carbocycles. The molecule has 2 aromatic carbocycles. The van der Waals surface area contributed by atoms with Gasteiger partial charge in [-0.05, 0) is 99.1 Å². The van der Waals surface area contributed by atoms with Crippen LogP contribution in [0.2, 0.25) is 0 Å². The molecule has 1 unspecified atom stereocenters. The van der Waals surface area contributed by atoms with E-state index in [4.69, 9.17) is 4.74 Å². The quantitative estimate of drug-likeness (QED) is 0.513. The molecule has 0 radical (unpaired) electrons. The monoisotopic (exact) mass is 576 g/mol. The van der Waals surface area contributed by atoms with Crippen LogP contribution in [0.15, 0.2) is 53.4 Å². The van der Waals surface area contributed by atoms with Gasteiger partial charge in [0, 0.05) is 0 Å². The third kappa shape index (κ3) is 6.07. The minimum atomic E-state index is -4.83. The van der Waals surface area contributed by atoms with E-state index >= 15 is 0 Å². The molecule has 1 heterocycles. The molecule has 2 aliphatic rings. The summed E-state index contributed by atoms with van der Waals surface area (Å²) in [5.74, 6) is -1.10. The third-order valence-electron chi connectivity index (χ3n) is 7.02. The maximum atomic E-state index is 13.9. The fraction of sp³-hybridized carbons (Fsp3) is 0.458. The smallest absolute Gasteiger partial charge is 0.457 e. The number of amides is 1. The number of sulfonamides is 1. The topological polar surface area (TPSA) is 128 Å². The Labute approximate surface area is 218 Å². The zero-order valence-corrected chi connectivity index (χ0v) is 22.0. The minimum absolute atomic E-state index is 0.00988. The van der Waals surface area contributed by atoms with Gasteiger partial charge in [0.05, 0.1) is 11.2 Å². The van der Waals surface area contributed by atoms with Crippen molar-refractivity contribution in [1.82, 2.24) is 10.0 Å². The molecule has 1 saturated carbocycles. The van der Waals surface area contributed by atoms with Gasteiger partial charge in [-0.3, -0.25) is 9.52 Å². The van der Waals surface area contributed by atoms with Gasteiger partial charge in [-0.1, -0.05) is 0 Å². The number of nitrogens with one attached hydrogen (secondary N) is 2. The van der Waals surface area contributed by atoms with Gasteiger partial charge in [0.2, 0.25) is 10.0 Å². The van der Waals surface area contributed by atoms with Crippen molar-refractivity contribution in [3.8, 4) is 17.2 Å². The summed E-state index contributed by atoms with van der Waals surface area (Å²) in [5, 5.41) is 3.22. The van der Waals surface area contributed by atoms with Crippen molar-refractivity contribution < 1.29 is 44.3 Å². The molecule has 1 amide bonds. The Hall–Kier alpha value is -2.84. The molecule has 14 heteroatoms. The molecule has 4 rings (SSSR count). The van der Waals surface area contributed by atoms with Crippen LogP contribution in [0.5, 0.6) is 17.2 Å². The third-order valence-corrected chi connectivity index (χ3v) is 10.0. The van der Waals surface area contributed by atoms with Crippen LogP contribution in [0.3, 0.4) is 0 Å². The first kappa shape index (κ1) is 28.2. The van der Waals surface area contributed by atoms with Crippen LogP contribution < -0.4 is 19.5 Å².